The standard InChI is InChI=1S/C24H24N4O.C5H12N2/c25-23-22-21(15-28(24(22)27-16-26-23)18-7-3-1-4-8-18)17-11-13-20(14-12-17)29-19-9-5-2-6-10-19;1-7-4-2-6-3-5-7/h2,5-6,9-16,18H,1,3-4,7-8H2,(H2,25,26,27);6H,2-5H2,1H3. The predicted molar refractivity (Wildman–Crippen MR) is 146 cm³/mol. The van der Waals surface area contributed by atoms with E-state index in [0.29, 0.717) is 11.9 Å². The Morgan fingerprint density at radius 2 is 1.58 bits per heavy atom. The fraction of sp³-hybridized carbons (Fsp3) is 0.379. The van der Waals surface area contributed by atoms with Crippen molar-refractivity contribution in [2.45, 2.75) is 38.1 Å². The molecule has 2 aromatic heterocycles. The lowest BCUT2D eigenvalue weighted by atomic mass is 9.95. The fourth-order valence-corrected chi connectivity index (χ4v) is 5.07. The summed E-state index contributed by atoms with van der Waals surface area (Å²) >= 11 is 0. The largest absolute Gasteiger partial charge is 0.457 e. The number of nitrogens with one attached hydrogen (secondary N) is 1. The molecule has 3 N–H and O–H groups in total. The van der Waals surface area contributed by atoms with Crippen molar-refractivity contribution in [2.24, 2.45) is 0 Å². The predicted octanol–water partition coefficient (Wildman–Crippen LogP) is 5.50. The van der Waals surface area contributed by atoms with E-state index in [1.807, 2.05) is 42.5 Å². The van der Waals surface area contributed by atoms with Gasteiger partial charge >= 0.3 is 0 Å². The first-order chi connectivity index (χ1) is 17.7. The van der Waals surface area contributed by atoms with Gasteiger partial charge in [0.2, 0.25) is 0 Å². The maximum atomic E-state index is 6.28. The second kappa shape index (κ2) is 11.5. The monoisotopic (exact) mass is 484 g/mol. The lowest BCUT2D eigenvalue weighted by Crippen LogP contribution is -2.40. The highest BCUT2D eigenvalue weighted by Crippen LogP contribution is 2.38. The number of anilines is 1. The summed E-state index contributed by atoms with van der Waals surface area (Å²) in [7, 11) is 2.15. The molecule has 7 heteroatoms. The van der Waals surface area contributed by atoms with Gasteiger partial charge in [-0.15, -0.1) is 0 Å². The van der Waals surface area contributed by atoms with Crippen molar-refractivity contribution in [1.29, 1.82) is 0 Å². The number of nitrogens with zero attached hydrogens (tertiary/aromatic N) is 4. The molecule has 0 spiro atoms. The Balaban J connectivity index is 0.000000330. The smallest absolute Gasteiger partial charge is 0.146 e. The van der Waals surface area contributed by atoms with Crippen LogP contribution in [0.15, 0.2) is 67.1 Å². The van der Waals surface area contributed by atoms with Crippen molar-refractivity contribution in [1.82, 2.24) is 24.8 Å². The quantitative estimate of drug-likeness (QED) is 0.398. The molecule has 0 atom stereocenters. The van der Waals surface area contributed by atoms with Gasteiger partial charge in [-0.25, -0.2) is 9.97 Å². The molecule has 3 heterocycles. The lowest BCUT2D eigenvalue weighted by Gasteiger charge is -2.23. The van der Waals surface area contributed by atoms with Gasteiger partial charge in [0.25, 0.3) is 0 Å². The molecule has 7 nitrogen and oxygen atoms in total. The molecule has 1 saturated heterocycles. The summed E-state index contributed by atoms with van der Waals surface area (Å²) in [6.07, 6.45) is 10.0. The average Bonchev–Trinajstić information content (AvgIpc) is 3.32. The molecule has 1 saturated carbocycles. The Labute approximate surface area is 213 Å². The van der Waals surface area contributed by atoms with Crippen LogP contribution in [-0.2, 0) is 0 Å². The normalized spacial score (nSPS) is 16.9. The Morgan fingerprint density at radius 3 is 2.25 bits per heavy atom. The third-order valence-electron chi connectivity index (χ3n) is 7.09. The van der Waals surface area contributed by atoms with Crippen molar-refractivity contribution >= 4 is 16.9 Å². The van der Waals surface area contributed by atoms with E-state index in [9.17, 15) is 0 Å². The number of fused-ring (bicyclic) bond motifs is 1. The van der Waals surface area contributed by atoms with Gasteiger partial charge in [0.1, 0.15) is 29.3 Å². The van der Waals surface area contributed by atoms with Crippen LogP contribution in [0.5, 0.6) is 11.5 Å². The second-order valence-corrected chi connectivity index (χ2v) is 9.69. The number of likely N-dealkylation sites (N-methyl/N-ethyl adjacent to an activating group) is 1. The van der Waals surface area contributed by atoms with Gasteiger partial charge in [-0.2, -0.15) is 0 Å². The number of piperazine rings is 1. The summed E-state index contributed by atoms with van der Waals surface area (Å²) in [6, 6.07) is 18.4. The third kappa shape index (κ3) is 5.69. The molecule has 1 aliphatic carbocycles. The molecule has 0 amide bonds. The highest BCUT2D eigenvalue weighted by atomic mass is 16.5. The molecule has 2 fully saturated rings. The number of para-hydroxylation sites is 1. The van der Waals surface area contributed by atoms with E-state index in [0.717, 1.165) is 46.7 Å². The van der Waals surface area contributed by atoms with Gasteiger partial charge in [0.15, 0.2) is 0 Å². The minimum absolute atomic E-state index is 0.481. The molecule has 0 bridgehead atoms. The summed E-state index contributed by atoms with van der Waals surface area (Å²) < 4.78 is 8.24. The van der Waals surface area contributed by atoms with E-state index in [1.165, 1.54) is 45.2 Å². The molecule has 36 heavy (non-hydrogen) atoms. The average molecular weight is 485 g/mol. The van der Waals surface area contributed by atoms with E-state index < -0.39 is 0 Å². The second-order valence-electron chi connectivity index (χ2n) is 9.69. The Hall–Kier alpha value is -3.42. The number of rotatable bonds is 4. The molecular weight excluding hydrogens is 448 g/mol. The lowest BCUT2D eigenvalue weighted by molar-refractivity contribution is 0.291. The summed E-state index contributed by atoms with van der Waals surface area (Å²) in [5.74, 6) is 2.16. The third-order valence-corrected chi connectivity index (χ3v) is 7.09. The van der Waals surface area contributed by atoms with Gasteiger partial charge < -0.3 is 25.3 Å². The van der Waals surface area contributed by atoms with Gasteiger partial charge in [0.05, 0.1) is 5.39 Å². The van der Waals surface area contributed by atoms with Crippen LogP contribution in [0, 0.1) is 0 Å². The van der Waals surface area contributed by atoms with Crippen molar-refractivity contribution < 1.29 is 4.74 Å². The zero-order valence-corrected chi connectivity index (χ0v) is 21.1. The van der Waals surface area contributed by atoms with Crippen LogP contribution in [0.2, 0.25) is 0 Å². The molecule has 2 aromatic carbocycles. The number of hydrogen-bond donors (Lipinski definition) is 2. The Morgan fingerprint density at radius 1 is 0.889 bits per heavy atom. The molecule has 4 aromatic rings. The molecule has 2 aliphatic rings. The van der Waals surface area contributed by atoms with Crippen LogP contribution in [0.1, 0.15) is 38.1 Å². The summed E-state index contributed by atoms with van der Waals surface area (Å²) in [5, 5.41) is 4.21. The number of benzene rings is 2. The first kappa shape index (κ1) is 24.3. The molecule has 1 aliphatic heterocycles. The van der Waals surface area contributed by atoms with Gasteiger partial charge in [-0.05, 0) is 49.7 Å². The minimum atomic E-state index is 0.481. The maximum Gasteiger partial charge on any atom is 0.146 e. The van der Waals surface area contributed by atoms with Crippen LogP contribution in [-0.4, -0.2) is 52.7 Å². The Kier molecular flexibility index (Phi) is 7.79. The molecule has 188 valence electrons. The summed E-state index contributed by atoms with van der Waals surface area (Å²) in [4.78, 5) is 11.2. The van der Waals surface area contributed by atoms with Gasteiger partial charge in [0, 0.05) is 44.0 Å². The number of nitrogen functional groups attached to an aromatic ring is 1. The van der Waals surface area contributed by atoms with Crippen LogP contribution in [0.25, 0.3) is 22.2 Å². The number of ether oxygens (including phenoxy) is 1. The minimum Gasteiger partial charge on any atom is -0.457 e. The molecule has 0 radical (unpaired) electrons. The molecule has 0 unspecified atom stereocenters. The van der Waals surface area contributed by atoms with E-state index >= 15 is 0 Å². The van der Waals surface area contributed by atoms with Crippen LogP contribution < -0.4 is 15.8 Å². The summed E-state index contributed by atoms with van der Waals surface area (Å²) in [6.45, 7) is 4.74. The van der Waals surface area contributed by atoms with Crippen molar-refractivity contribution in [3.8, 4) is 22.6 Å². The van der Waals surface area contributed by atoms with E-state index in [-0.39, 0.29) is 0 Å². The highest BCUT2D eigenvalue weighted by Gasteiger charge is 2.22. The van der Waals surface area contributed by atoms with E-state index in [4.69, 9.17) is 10.5 Å². The number of aromatic nitrogens is 3. The topological polar surface area (TPSA) is 81.2 Å². The molecular formula is C29H36N6O. The van der Waals surface area contributed by atoms with Crippen LogP contribution in [0.4, 0.5) is 5.82 Å². The number of hydrogen-bond acceptors (Lipinski definition) is 6. The van der Waals surface area contributed by atoms with Crippen molar-refractivity contribution in [3.63, 3.8) is 0 Å². The maximum absolute atomic E-state index is 6.28. The first-order valence-corrected chi connectivity index (χ1v) is 13.0. The highest BCUT2D eigenvalue weighted by molar-refractivity contribution is 6.00. The Bertz CT molecular complexity index is 1240. The van der Waals surface area contributed by atoms with Crippen molar-refractivity contribution in [3.05, 3.63) is 67.1 Å². The summed E-state index contributed by atoms with van der Waals surface area (Å²) in [5.41, 5.74) is 9.38. The van der Waals surface area contributed by atoms with Crippen molar-refractivity contribution in [2.75, 3.05) is 39.0 Å². The zero-order valence-electron chi connectivity index (χ0n) is 21.1. The zero-order chi connectivity index (χ0) is 24.7. The first-order valence-electron chi connectivity index (χ1n) is 13.0. The van der Waals surface area contributed by atoms with Gasteiger partial charge in [-0.1, -0.05) is 49.6 Å². The number of nitrogens with two attached hydrogens (primary N) is 1. The van der Waals surface area contributed by atoms with Crippen LogP contribution >= 0.6 is 0 Å². The van der Waals surface area contributed by atoms with Crippen LogP contribution in [0.3, 0.4) is 0 Å². The van der Waals surface area contributed by atoms with Gasteiger partial charge in [-0.3, -0.25) is 0 Å². The van der Waals surface area contributed by atoms with E-state index in [2.05, 4.69) is 50.1 Å². The SMILES string of the molecule is CN1CCNCC1.Nc1ncnc2c1c(-c1ccc(Oc3ccccc3)cc1)cn2C1CCCCC1. The fourth-order valence-electron chi connectivity index (χ4n) is 5.07. The molecule has 6 rings (SSSR count). The van der Waals surface area contributed by atoms with E-state index in [1.54, 1.807) is 6.33 Å².